The minimum atomic E-state index is 0.150. The van der Waals surface area contributed by atoms with Gasteiger partial charge in [0.05, 0.1) is 5.60 Å². The molecule has 2 heteroatoms. The molecule has 1 fully saturated rings. The van der Waals surface area contributed by atoms with Crippen molar-refractivity contribution in [3.63, 3.8) is 0 Å². The number of hydrogen-bond acceptors (Lipinski definition) is 2. The highest BCUT2D eigenvalue weighted by Gasteiger charge is 2.34. The van der Waals surface area contributed by atoms with Crippen molar-refractivity contribution in [3.8, 4) is 0 Å². The maximum Gasteiger partial charge on any atom is 0.0806 e. The molecule has 0 aromatic carbocycles. The van der Waals surface area contributed by atoms with Crippen LogP contribution in [0.2, 0.25) is 0 Å². The van der Waals surface area contributed by atoms with Crippen LogP contribution in [-0.2, 0) is 4.74 Å². The van der Waals surface area contributed by atoms with E-state index in [2.05, 4.69) is 26.1 Å². The molecule has 1 aliphatic carbocycles. The first kappa shape index (κ1) is 12.0. The molecule has 0 amide bonds. The van der Waals surface area contributed by atoms with Gasteiger partial charge in [-0.05, 0) is 45.1 Å². The summed E-state index contributed by atoms with van der Waals surface area (Å²) in [6, 6.07) is 0. The first-order chi connectivity index (χ1) is 6.72. The lowest BCUT2D eigenvalue weighted by molar-refractivity contribution is -0.0695. The van der Waals surface area contributed by atoms with E-state index in [0.29, 0.717) is 0 Å². The third kappa shape index (κ3) is 3.25. The Morgan fingerprint density at radius 1 is 1.29 bits per heavy atom. The van der Waals surface area contributed by atoms with E-state index in [4.69, 9.17) is 4.74 Å². The highest BCUT2D eigenvalue weighted by atomic mass is 16.5. The zero-order valence-corrected chi connectivity index (χ0v) is 9.94. The zero-order chi connectivity index (χ0) is 10.4. The summed E-state index contributed by atoms with van der Waals surface area (Å²) in [6.07, 6.45) is 5.11. The molecule has 0 heterocycles. The van der Waals surface area contributed by atoms with E-state index in [1.807, 2.05) is 0 Å². The third-order valence-corrected chi connectivity index (χ3v) is 3.33. The Balaban J connectivity index is 2.44. The van der Waals surface area contributed by atoms with Crippen LogP contribution in [0.15, 0.2) is 0 Å². The van der Waals surface area contributed by atoms with E-state index in [1.165, 1.54) is 25.7 Å². The molecule has 2 nitrogen and oxygen atoms in total. The molecule has 0 unspecified atom stereocenters. The number of nitrogens with one attached hydrogen (secondary N) is 1. The molecule has 14 heavy (non-hydrogen) atoms. The molecule has 1 saturated carbocycles. The molecule has 0 aromatic rings. The summed E-state index contributed by atoms with van der Waals surface area (Å²) in [5.74, 6) is 0.894. The molecule has 0 aliphatic heterocycles. The molecule has 0 radical (unpaired) electrons. The maximum atomic E-state index is 5.96. The minimum Gasteiger partial charge on any atom is -0.374 e. The highest BCUT2D eigenvalue weighted by Crippen LogP contribution is 2.34. The Bertz CT molecular complexity index is 145. The second-order valence-electron chi connectivity index (χ2n) is 4.58. The molecule has 1 aliphatic rings. The van der Waals surface area contributed by atoms with Gasteiger partial charge in [-0.25, -0.2) is 0 Å². The van der Waals surface area contributed by atoms with Gasteiger partial charge in [0.25, 0.3) is 0 Å². The van der Waals surface area contributed by atoms with Crippen LogP contribution in [0, 0.1) is 5.92 Å². The van der Waals surface area contributed by atoms with Gasteiger partial charge in [0.1, 0.15) is 0 Å². The SMILES string of the molecule is CCNCC1(OCC)CCC(C)CC1. The number of ether oxygens (including phenoxy) is 1. The first-order valence-corrected chi connectivity index (χ1v) is 6.07. The van der Waals surface area contributed by atoms with Gasteiger partial charge in [0.2, 0.25) is 0 Å². The number of likely N-dealkylation sites (N-methyl/N-ethyl adjacent to an activating group) is 1. The Kier molecular flexibility index (Phi) is 4.90. The largest absolute Gasteiger partial charge is 0.374 e. The van der Waals surface area contributed by atoms with Crippen molar-refractivity contribution in [2.45, 2.75) is 52.1 Å². The van der Waals surface area contributed by atoms with Gasteiger partial charge in [-0.3, -0.25) is 0 Å². The van der Waals surface area contributed by atoms with Crippen LogP contribution >= 0.6 is 0 Å². The second-order valence-corrected chi connectivity index (χ2v) is 4.58. The quantitative estimate of drug-likeness (QED) is 0.735. The zero-order valence-electron chi connectivity index (χ0n) is 9.94. The average molecular weight is 199 g/mol. The van der Waals surface area contributed by atoms with Gasteiger partial charge < -0.3 is 10.1 Å². The minimum absolute atomic E-state index is 0.150. The third-order valence-electron chi connectivity index (χ3n) is 3.33. The van der Waals surface area contributed by atoms with Gasteiger partial charge in [0.15, 0.2) is 0 Å². The van der Waals surface area contributed by atoms with Crippen LogP contribution in [0.5, 0.6) is 0 Å². The lowest BCUT2D eigenvalue weighted by Gasteiger charge is -2.39. The fraction of sp³-hybridized carbons (Fsp3) is 1.00. The molecular weight excluding hydrogens is 174 g/mol. The van der Waals surface area contributed by atoms with Gasteiger partial charge in [-0.2, -0.15) is 0 Å². The van der Waals surface area contributed by atoms with Gasteiger partial charge in [-0.1, -0.05) is 13.8 Å². The van der Waals surface area contributed by atoms with E-state index in [0.717, 1.165) is 25.6 Å². The van der Waals surface area contributed by atoms with Crippen molar-refractivity contribution in [1.82, 2.24) is 5.32 Å². The molecule has 0 saturated heterocycles. The molecular formula is C12H25NO. The number of rotatable bonds is 5. The summed E-state index contributed by atoms with van der Waals surface area (Å²) in [6.45, 7) is 9.54. The van der Waals surface area contributed by atoms with Gasteiger partial charge in [0, 0.05) is 13.2 Å². The van der Waals surface area contributed by atoms with Gasteiger partial charge >= 0.3 is 0 Å². The lowest BCUT2D eigenvalue weighted by atomic mass is 9.79. The van der Waals surface area contributed by atoms with Gasteiger partial charge in [-0.15, -0.1) is 0 Å². The summed E-state index contributed by atoms with van der Waals surface area (Å²) in [7, 11) is 0. The second kappa shape index (κ2) is 5.72. The predicted octanol–water partition coefficient (Wildman–Crippen LogP) is 2.58. The Labute approximate surface area is 88.4 Å². The van der Waals surface area contributed by atoms with Crippen LogP contribution in [0.25, 0.3) is 0 Å². The van der Waals surface area contributed by atoms with Crippen LogP contribution in [0.4, 0.5) is 0 Å². The number of hydrogen-bond donors (Lipinski definition) is 1. The van der Waals surface area contributed by atoms with Crippen molar-refractivity contribution in [2.24, 2.45) is 5.92 Å². The van der Waals surface area contributed by atoms with E-state index >= 15 is 0 Å². The summed E-state index contributed by atoms with van der Waals surface area (Å²) < 4.78 is 5.96. The molecule has 0 atom stereocenters. The molecule has 0 spiro atoms. The smallest absolute Gasteiger partial charge is 0.0806 e. The van der Waals surface area contributed by atoms with E-state index in [9.17, 15) is 0 Å². The van der Waals surface area contributed by atoms with Crippen molar-refractivity contribution in [1.29, 1.82) is 0 Å². The normalized spacial score (nSPS) is 33.2. The van der Waals surface area contributed by atoms with Crippen molar-refractivity contribution in [3.05, 3.63) is 0 Å². The fourth-order valence-corrected chi connectivity index (χ4v) is 2.32. The van der Waals surface area contributed by atoms with E-state index < -0.39 is 0 Å². The van der Waals surface area contributed by atoms with E-state index in [1.54, 1.807) is 0 Å². The van der Waals surface area contributed by atoms with Crippen LogP contribution in [-0.4, -0.2) is 25.3 Å². The molecule has 0 aromatic heterocycles. The highest BCUT2D eigenvalue weighted by molar-refractivity contribution is 4.88. The first-order valence-electron chi connectivity index (χ1n) is 6.07. The monoisotopic (exact) mass is 199 g/mol. The standard InChI is InChI=1S/C12H25NO/c1-4-13-10-12(14-5-2)8-6-11(3)7-9-12/h11,13H,4-10H2,1-3H3. The van der Waals surface area contributed by atoms with Crippen molar-refractivity contribution >= 4 is 0 Å². The Hall–Kier alpha value is -0.0800. The Morgan fingerprint density at radius 3 is 2.43 bits per heavy atom. The predicted molar refractivity (Wildman–Crippen MR) is 60.5 cm³/mol. The van der Waals surface area contributed by atoms with Crippen molar-refractivity contribution < 1.29 is 4.74 Å². The van der Waals surface area contributed by atoms with Crippen LogP contribution in [0.1, 0.15) is 46.5 Å². The van der Waals surface area contributed by atoms with Crippen LogP contribution in [0.3, 0.4) is 0 Å². The molecule has 1 N–H and O–H groups in total. The molecule has 1 rings (SSSR count). The van der Waals surface area contributed by atoms with Crippen LogP contribution < -0.4 is 5.32 Å². The average Bonchev–Trinajstić information content (AvgIpc) is 2.20. The summed E-state index contributed by atoms with van der Waals surface area (Å²) >= 11 is 0. The van der Waals surface area contributed by atoms with Crippen molar-refractivity contribution in [2.75, 3.05) is 19.7 Å². The fourth-order valence-electron chi connectivity index (χ4n) is 2.32. The summed E-state index contributed by atoms with van der Waals surface area (Å²) in [5.41, 5.74) is 0.150. The topological polar surface area (TPSA) is 21.3 Å². The molecule has 84 valence electrons. The lowest BCUT2D eigenvalue weighted by Crippen LogP contribution is -2.45. The summed E-state index contributed by atoms with van der Waals surface area (Å²) in [4.78, 5) is 0. The van der Waals surface area contributed by atoms with E-state index in [-0.39, 0.29) is 5.60 Å². The summed E-state index contributed by atoms with van der Waals surface area (Å²) in [5, 5.41) is 3.43. The molecule has 0 bridgehead atoms. The Morgan fingerprint density at radius 2 is 1.93 bits per heavy atom. The maximum absolute atomic E-state index is 5.96.